The van der Waals surface area contributed by atoms with Gasteiger partial charge in [0, 0.05) is 6.54 Å². The summed E-state index contributed by atoms with van der Waals surface area (Å²) in [4.78, 5) is 14.6. The average molecular weight is 372 g/mol. The van der Waals surface area contributed by atoms with Crippen molar-refractivity contribution in [3.8, 4) is 5.75 Å². The van der Waals surface area contributed by atoms with Crippen LogP contribution in [0.5, 0.6) is 5.75 Å². The number of carbonyl (C=O) groups is 1. The molecule has 0 bridgehead atoms. The van der Waals surface area contributed by atoms with Crippen LogP contribution in [0, 0.1) is 5.92 Å². The van der Waals surface area contributed by atoms with Crippen molar-refractivity contribution in [2.24, 2.45) is 5.92 Å². The van der Waals surface area contributed by atoms with Gasteiger partial charge in [-0.1, -0.05) is 43.9 Å². The summed E-state index contributed by atoms with van der Waals surface area (Å²) in [5.41, 5.74) is 0.847. The zero-order chi connectivity index (χ0) is 14.9. The van der Waals surface area contributed by atoms with Gasteiger partial charge in [-0.15, -0.1) is 0 Å². The number of amides is 1. The molecule has 1 fully saturated rings. The Kier molecular flexibility index (Phi) is 4.88. The summed E-state index contributed by atoms with van der Waals surface area (Å²) in [7, 11) is 0. The van der Waals surface area contributed by atoms with Crippen molar-refractivity contribution in [2.75, 3.05) is 6.54 Å². The van der Waals surface area contributed by atoms with Gasteiger partial charge in [-0.25, -0.2) is 0 Å². The Morgan fingerprint density at radius 1 is 1.50 bits per heavy atom. The summed E-state index contributed by atoms with van der Waals surface area (Å²) in [5, 5.41) is 9.47. The normalized spacial score (nSPS) is 17.6. The molecule has 0 unspecified atom stereocenters. The third-order valence-corrected chi connectivity index (χ3v) is 4.70. The van der Waals surface area contributed by atoms with Crippen LogP contribution in [-0.4, -0.2) is 26.8 Å². The molecule has 1 amide bonds. The maximum Gasteiger partial charge on any atom is 0.266 e. The third kappa shape index (κ3) is 3.42. The molecule has 1 aliphatic heterocycles. The fourth-order valence-corrected chi connectivity index (χ4v) is 3.46. The number of carbonyl (C=O) groups excluding carboxylic acids is 1. The van der Waals surface area contributed by atoms with Gasteiger partial charge in [-0.2, -0.15) is 0 Å². The second-order valence-electron chi connectivity index (χ2n) is 4.90. The van der Waals surface area contributed by atoms with Crippen LogP contribution in [-0.2, 0) is 4.79 Å². The molecule has 20 heavy (non-hydrogen) atoms. The summed E-state index contributed by atoms with van der Waals surface area (Å²) < 4.78 is 1.21. The minimum atomic E-state index is -0.0436. The van der Waals surface area contributed by atoms with Crippen molar-refractivity contribution in [2.45, 2.75) is 13.8 Å². The molecule has 0 radical (unpaired) electrons. The molecule has 0 aromatic heterocycles. The lowest BCUT2D eigenvalue weighted by Gasteiger charge is -2.16. The number of thioether (sulfide) groups is 1. The molecule has 3 nitrogen and oxygen atoms in total. The molecule has 1 aliphatic rings. The van der Waals surface area contributed by atoms with E-state index in [-0.39, 0.29) is 11.7 Å². The quantitative estimate of drug-likeness (QED) is 0.643. The Labute approximate surface area is 136 Å². The van der Waals surface area contributed by atoms with Gasteiger partial charge in [0.25, 0.3) is 5.91 Å². The highest BCUT2D eigenvalue weighted by molar-refractivity contribution is 9.10. The summed E-state index contributed by atoms with van der Waals surface area (Å²) in [6.07, 6.45) is 1.80. The summed E-state index contributed by atoms with van der Waals surface area (Å²) in [6, 6.07) is 5.12. The Hall–Kier alpha value is -0.850. The Balaban J connectivity index is 2.25. The monoisotopic (exact) mass is 371 g/mol. The molecule has 1 aromatic carbocycles. The van der Waals surface area contributed by atoms with Crippen LogP contribution in [0.1, 0.15) is 19.4 Å². The largest absolute Gasteiger partial charge is 0.507 e. The van der Waals surface area contributed by atoms with Gasteiger partial charge < -0.3 is 5.11 Å². The minimum Gasteiger partial charge on any atom is -0.507 e. The van der Waals surface area contributed by atoms with Gasteiger partial charge in [0.1, 0.15) is 10.1 Å². The number of thiocarbonyl (C=S) groups is 1. The molecule has 1 heterocycles. The number of rotatable bonds is 3. The number of hydrogen-bond acceptors (Lipinski definition) is 4. The van der Waals surface area contributed by atoms with E-state index in [9.17, 15) is 9.90 Å². The number of nitrogens with zero attached hydrogens (tertiary/aromatic N) is 1. The molecule has 2 rings (SSSR count). The molecule has 0 saturated carbocycles. The highest BCUT2D eigenvalue weighted by atomic mass is 79.9. The zero-order valence-corrected chi connectivity index (χ0v) is 14.3. The predicted molar refractivity (Wildman–Crippen MR) is 90.5 cm³/mol. The van der Waals surface area contributed by atoms with Crippen LogP contribution < -0.4 is 0 Å². The van der Waals surface area contributed by atoms with Crippen molar-refractivity contribution in [3.05, 3.63) is 33.1 Å². The number of phenols is 1. The van der Waals surface area contributed by atoms with Crippen LogP contribution in [0.2, 0.25) is 0 Å². The molecule has 1 aromatic rings. The molecule has 1 saturated heterocycles. The van der Waals surface area contributed by atoms with Gasteiger partial charge in [0.2, 0.25) is 0 Å². The molecule has 0 aliphatic carbocycles. The standard InChI is InChI=1S/C14H14BrNO2S2/c1-8(2)7-16-13(18)12(20-14(16)19)6-9-3-4-11(17)10(15)5-9/h3-6,8,17H,7H2,1-2H3/b12-6+. The summed E-state index contributed by atoms with van der Waals surface area (Å²) in [6.45, 7) is 4.75. The molecular weight excluding hydrogens is 358 g/mol. The average Bonchev–Trinajstić information content (AvgIpc) is 2.61. The Morgan fingerprint density at radius 3 is 2.80 bits per heavy atom. The van der Waals surface area contributed by atoms with E-state index < -0.39 is 0 Å². The molecule has 106 valence electrons. The first-order valence-corrected chi connectivity index (χ1v) is 8.14. The molecule has 1 N–H and O–H groups in total. The molecule has 0 spiro atoms. The Bertz CT molecular complexity index is 599. The van der Waals surface area contributed by atoms with Gasteiger partial charge in [0.15, 0.2) is 0 Å². The predicted octanol–water partition coefficient (Wildman–Crippen LogP) is 4.01. The lowest BCUT2D eigenvalue weighted by molar-refractivity contribution is -0.122. The second-order valence-corrected chi connectivity index (χ2v) is 7.43. The van der Waals surface area contributed by atoms with Gasteiger partial charge in [0.05, 0.1) is 9.38 Å². The fourth-order valence-electron chi connectivity index (χ4n) is 1.79. The summed E-state index contributed by atoms with van der Waals surface area (Å²) >= 11 is 9.83. The zero-order valence-electron chi connectivity index (χ0n) is 11.1. The van der Waals surface area contributed by atoms with Crippen molar-refractivity contribution in [1.82, 2.24) is 4.90 Å². The maximum absolute atomic E-state index is 12.3. The summed E-state index contributed by atoms with van der Waals surface area (Å²) in [5.74, 6) is 0.507. The number of aromatic hydroxyl groups is 1. The van der Waals surface area contributed by atoms with E-state index in [1.807, 2.05) is 0 Å². The van der Waals surface area contributed by atoms with Crippen LogP contribution in [0.25, 0.3) is 6.08 Å². The highest BCUT2D eigenvalue weighted by Crippen LogP contribution is 2.34. The van der Waals surface area contributed by atoms with E-state index in [1.165, 1.54) is 11.8 Å². The van der Waals surface area contributed by atoms with Gasteiger partial charge in [-0.05, 0) is 45.6 Å². The number of halogens is 1. The van der Waals surface area contributed by atoms with E-state index in [0.717, 1.165) is 5.56 Å². The topological polar surface area (TPSA) is 40.5 Å². The van der Waals surface area contributed by atoms with E-state index in [0.29, 0.717) is 26.2 Å². The first-order valence-electron chi connectivity index (χ1n) is 6.12. The molecule has 6 heteroatoms. The van der Waals surface area contributed by atoms with Crippen molar-refractivity contribution < 1.29 is 9.90 Å². The van der Waals surface area contributed by atoms with Gasteiger partial charge >= 0.3 is 0 Å². The van der Waals surface area contributed by atoms with Crippen molar-refractivity contribution >= 4 is 56.2 Å². The minimum absolute atomic E-state index is 0.0436. The SMILES string of the molecule is CC(C)CN1C(=O)/C(=C\c2ccc(O)c(Br)c2)SC1=S. The number of hydrogen-bond donors (Lipinski definition) is 1. The molecular formula is C14H14BrNO2S2. The van der Waals surface area contributed by atoms with Crippen LogP contribution in [0.3, 0.4) is 0 Å². The lowest BCUT2D eigenvalue weighted by atomic mass is 10.2. The first kappa shape index (κ1) is 15.5. The van der Waals surface area contributed by atoms with Crippen molar-refractivity contribution in [1.29, 1.82) is 0 Å². The second kappa shape index (κ2) is 6.28. The lowest BCUT2D eigenvalue weighted by Crippen LogP contribution is -2.31. The van der Waals surface area contributed by atoms with E-state index in [1.54, 1.807) is 29.2 Å². The van der Waals surface area contributed by atoms with E-state index in [2.05, 4.69) is 29.8 Å². The smallest absolute Gasteiger partial charge is 0.266 e. The van der Waals surface area contributed by atoms with Crippen molar-refractivity contribution in [3.63, 3.8) is 0 Å². The van der Waals surface area contributed by atoms with E-state index in [4.69, 9.17) is 12.2 Å². The Morgan fingerprint density at radius 2 is 2.20 bits per heavy atom. The fraction of sp³-hybridized carbons (Fsp3) is 0.286. The number of benzene rings is 1. The van der Waals surface area contributed by atoms with Crippen LogP contribution >= 0.6 is 39.9 Å². The van der Waals surface area contributed by atoms with Gasteiger partial charge in [-0.3, -0.25) is 9.69 Å². The van der Waals surface area contributed by atoms with E-state index >= 15 is 0 Å². The maximum atomic E-state index is 12.3. The first-order chi connectivity index (χ1) is 9.38. The molecule has 0 atom stereocenters. The van der Waals surface area contributed by atoms with Crippen LogP contribution in [0.4, 0.5) is 0 Å². The van der Waals surface area contributed by atoms with Crippen LogP contribution in [0.15, 0.2) is 27.6 Å². The number of phenolic OH excluding ortho intramolecular Hbond substituents is 1. The third-order valence-electron chi connectivity index (χ3n) is 2.69. The highest BCUT2D eigenvalue weighted by Gasteiger charge is 2.32.